The van der Waals surface area contributed by atoms with Gasteiger partial charge >= 0.3 is 0 Å². The van der Waals surface area contributed by atoms with Gasteiger partial charge in [-0.25, -0.2) is 4.68 Å². The van der Waals surface area contributed by atoms with Gasteiger partial charge in [-0.2, -0.15) is 0 Å². The molecular formula is C24H37N5O2. The summed E-state index contributed by atoms with van der Waals surface area (Å²) in [6.45, 7) is 6.36. The second-order valence-electron chi connectivity index (χ2n) is 10.9. The molecule has 0 amide bonds. The summed E-state index contributed by atoms with van der Waals surface area (Å²) in [5.41, 5.74) is 7.96. The molecule has 6 atom stereocenters. The van der Waals surface area contributed by atoms with Gasteiger partial charge in [-0.1, -0.05) is 24.2 Å². The predicted octanol–water partition coefficient (Wildman–Crippen LogP) is 3.72. The van der Waals surface area contributed by atoms with Crippen LogP contribution in [0.5, 0.6) is 0 Å². The van der Waals surface area contributed by atoms with Crippen molar-refractivity contribution in [3.8, 4) is 0 Å². The van der Waals surface area contributed by atoms with E-state index in [0.29, 0.717) is 42.7 Å². The summed E-state index contributed by atoms with van der Waals surface area (Å²) in [6, 6.07) is 0. The van der Waals surface area contributed by atoms with Crippen LogP contribution >= 0.6 is 0 Å². The lowest BCUT2D eigenvalue weighted by Gasteiger charge is -2.59. The molecule has 0 radical (unpaired) electrons. The Morgan fingerprint density at radius 3 is 2.87 bits per heavy atom. The molecule has 4 aliphatic carbocycles. The highest BCUT2D eigenvalue weighted by Crippen LogP contribution is 2.65. The molecule has 0 aliphatic heterocycles. The summed E-state index contributed by atoms with van der Waals surface area (Å²) in [5.74, 6) is 3.41. The molecule has 0 aromatic carbocycles. The third kappa shape index (κ3) is 3.53. The lowest BCUT2D eigenvalue weighted by molar-refractivity contribution is -0.137. The summed E-state index contributed by atoms with van der Waals surface area (Å²) < 4.78 is 1.76. The number of hydrogen-bond donors (Lipinski definition) is 1. The van der Waals surface area contributed by atoms with Gasteiger partial charge in [-0.3, -0.25) is 4.79 Å². The van der Waals surface area contributed by atoms with Gasteiger partial charge in [-0.05, 0) is 80.5 Å². The van der Waals surface area contributed by atoms with Crippen LogP contribution in [-0.4, -0.2) is 33.1 Å². The van der Waals surface area contributed by atoms with Gasteiger partial charge in [0.15, 0.2) is 0 Å². The topological polar surface area (TPSA) is 95.4 Å². The minimum Gasteiger partial charge on any atom is -0.394 e. The standard InChI is InChI=1S/C24H37N5O2/c1-23-9-7-17(27-31-12-11-29-15-18(14-25)26-28-29)13-16(23)3-4-19-20-5-6-22(30)24(20,2)10-8-21(19)23/h15-16,19-21H,3-14,25H2,1-2H3/b27-17+/t16?,19?,20?,21?,23-,24-/m0/s1. The zero-order valence-corrected chi connectivity index (χ0v) is 19.1. The van der Waals surface area contributed by atoms with E-state index in [-0.39, 0.29) is 5.41 Å². The fraction of sp³-hybridized carbons (Fsp3) is 0.833. The number of Topliss-reactive ketones (excluding diaryl/α,β-unsaturated/α-hetero) is 1. The molecule has 0 spiro atoms. The van der Waals surface area contributed by atoms with Gasteiger partial charge in [-0.15, -0.1) is 5.10 Å². The first-order valence-electron chi connectivity index (χ1n) is 12.2. The number of oxime groups is 1. The second kappa shape index (κ2) is 7.98. The van der Waals surface area contributed by atoms with Gasteiger partial charge in [0.1, 0.15) is 12.4 Å². The van der Waals surface area contributed by atoms with Crippen LogP contribution in [0.1, 0.15) is 77.3 Å². The van der Waals surface area contributed by atoms with Crippen LogP contribution in [0, 0.1) is 34.5 Å². The quantitative estimate of drug-likeness (QED) is 0.571. The van der Waals surface area contributed by atoms with E-state index in [9.17, 15) is 4.79 Å². The molecule has 0 bridgehead atoms. The zero-order chi connectivity index (χ0) is 21.6. The molecule has 4 fully saturated rings. The van der Waals surface area contributed by atoms with Crippen molar-refractivity contribution in [2.45, 2.75) is 84.7 Å². The van der Waals surface area contributed by atoms with Crippen molar-refractivity contribution in [2.75, 3.05) is 6.61 Å². The van der Waals surface area contributed by atoms with Crippen molar-refractivity contribution >= 4 is 11.5 Å². The van der Waals surface area contributed by atoms with E-state index < -0.39 is 0 Å². The Hall–Kier alpha value is -1.76. The number of fused-ring (bicyclic) bond motifs is 5. The molecule has 5 rings (SSSR count). The van der Waals surface area contributed by atoms with Gasteiger partial charge in [0, 0.05) is 24.6 Å². The Balaban J connectivity index is 1.19. The van der Waals surface area contributed by atoms with Crippen LogP contribution < -0.4 is 5.73 Å². The Bertz CT molecular complexity index is 866. The maximum absolute atomic E-state index is 12.6. The highest BCUT2D eigenvalue weighted by Gasteiger charge is 2.60. The first-order valence-corrected chi connectivity index (χ1v) is 12.2. The Labute approximate surface area is 185 Å². The normalized spacial score (nSPS) is 41.0. The molecule has 4 saturated carbocycles. The first kappa shape index (κ1) is 21.1. The number of nitrogens with zero attached hydrogens (tertiary/aromatic N) is 4. The number of rotatable bonds is 5. The second-order valence-corrected chi connectivity index (χ2v) is 10.9. The highest BCUT2D eigenvalue weighted by molar-refractivity contribution is 5.87. The van der Waals surface area contributed by atoms with E-state index in [1.807, 2.05) is 6.20 Å². The number of nitrogens with two attached hydrogens (primary N) is 1. The summed E-state index contributed by atoms with van der Waals surface area (Å²) >= 11 is 0. The molecular weight excluding hydrogens is 390 g/mol. The van der Waals surface area contributed by atoms with Crippen molar-refractivity contribution in [2.24, 2.45) is 45.4 Å². The minimum absolute atomic E-state index is 0.0193. The molecule has 1 heterocycles. The van der Waals surface area contributed by atoms with Crippen molar-refractivity contribution in [1.82, 2.24) is 15.0 Å². The maximum atomic E-state index is 12.6. The molecule has 1 aromatic rings. The molecule has 7 nitrogen and oxygen atoms in total. The lowest BCUT2D eigenvalue weighted by Crippen LogP contribution is -2.53. The fourth-order valence-electron chi connectivity index (χ4n) is 7.73. The van der Waals surface area contributed by atoms with Crippen LogP contribution in [-0.2, 0) is 22.7 Å². The third-order valence-corrected chi connectivity index (χ3v) is 9.61. The number of ketones is 1. The van der Waals surface area contributed by atoms with Crippen molar-refractivity contribution in [3.63, 3.8) is 0 Å². The van der Waals surface area contributed by atoms with Crippen molar-refractivity contribution in [3.05, 3.63) is 11.9 Å². The van der Waals surface area contributed by atoms with Gasteiger partial charge in [0.05, 0.1) is 18.0 Å². The SMILES string of the molecule is C[C@]12CC/C(=N\OCCn3cc(CN)nn3)CC1CCC1C2CC[C@]2(C)C(=O)CCC12. The number of carbonyl (C=O) groups excluding carboxylic acids is 1. The summed E-state index contributed by atoms with van der Waals surface area (Å²) in [6.07, 6.45) is 12.0. The van der Waals surface area contributed by atoms with E-state index in [1.165, 1.54) is 31.4 Å². The van der Waals surface area contributed by atoms with Crippen LogP contribution in [0.25, 0.3) is 0 Å². The van der Waals surface area contributed by atoms with Crippen LogP contribution in [0.15, 0.2) is 11.4 Å². The molecule has 7 heteroatoms. The van der Waals surface area contributed by atoms with E-state index in [1.54, 1.807) is 4.68 Å². The maximum Gasteiger partial charge on any atom is 0.139 e. The number of carbonyl (C=O) groups is 1. The van der Waals surface area contributed by atoms with Crippen LogP contribution in [0.3, 0.4) is 0 Å². The van der Waals surface area contributed by atoms with E-state index in [0.717, 1.165) is 49.6 Å². The van der Waals surface area contributed by atoms with Gasteiger partial charge in [0.25, 0.3) is 0 Å². The zero-order valence-electron chi connectivity index (χ0n) is 19.1. The largest absolute Gasteiger partial charge is 0.394 e. The van der Waals surface area contributed by atoms with Crippen molar-refractivity contribution < 1.29 is 9.63 Å². The number of aromatic nitrogens is 3. The van der Waals surface area contributed by atoms with E-state index in [4.69, 9.17) is 10.6 Å². The fourth-order valence-corrected chi connectivity index (χ4v) is 7.73. The third-order valence-electron chi connectivity index (χ3n) is 9.61. The van der Waals surface area contributed by atoms with Gasteiger partial charge in [0.2, 0.25) is 0 Å². The summed E-state index contributed by atoms with van der Waals surface area (Å²) in [7, 11) is 0. The minimum atomic E-state index is -0.0193. The smallest absolute Gasteiger partial charge is 0.139 e. The Morgan fingerprint density at radius 2 is 2.06 bits per heavy atom. The van der Waals surface area contributed by atoms with Crippen LogP contribution in [0.2, 0.25) is 0 Å². The Kier molecular flexibility index (Phi) is 5.43. The highest BCUT2D eigenvalue weighted by atomic mass is 16.6. The van der Waals surface area contributed by atoms with E-state index >= 15 is 0 Å². The monoisotopic (exact) mass is 427 g/mol. The average Bonchev–Trinajstić information content (AvgIpc) is 3.35. The van der Waals surface area contributed by atoms with Gasteiger partial charge < -0.3 is 10.6 Å². The van der Waals surface area contributed by atoms with Crippen LogP contribution in [0.4, 0.5) is 0 Å². The Morgan fingerprint density at radius 1 is 1.19 bits per heavy atom. The molecule has 170 valence electrons. The average molecular weight is 428 g/mol. The predicted molar refractivity (Wildman–Crippen MR) is 118 cm³/mol. The molecule has 1 aromatic heterocycles. The summed E-state index contributed by atoms with van der Waals surface area (Å²) in [5, 5.41) is 12.5. The van der Waals surface area contributed by atoms with Crippen molar-refractivity contribution in [1.29, 1.82) is 0 Å². The lowest BCUT2D eigenvalue weighted by atomic mass is 9.45. The summed E-state index contributed by atoms with van der Waals surface area (Å²) in [4.78, 5) is 18.3. The molecule has 2 N–H and O–H groups in total. The number of hydrogen-bond acceptors (Lipinski definition) is 6. The van der Waals surface area contributed by atoms with E-state index in [2.05, 4.69) is 29.3 Å². The molecule has 0 saturated heterocycles. The molecule has 31 heavy (non-hydrogen) atoms. The molecule has 4 aliphatic rings. The first-order chi connectivity index (χ1) is 14.9. The molecule has 4 unspecified atom stereocenters.